The maximum absolute atomic E-state index is 9.20. The molecule has 2 aromatic heterocycles. The number of aromatic hydroxyl groups is 1. The van der Waals surface area contributed by atoms with E-state index in [1.807, 2.05) is 11.4 Å². The minimum absolute atomic E-state index is 0.235. The Morgan fingerprint density at radius 1 is 1.30 bits per heavy atom. The number of benzene rings is 1. The smallest absolute Gasteiger partial charge is 0.246 e. The van der Waals surface area contributed by atoms with Gasteiger partial charge in [-0.3, -0.25) is 0 Å². The minimum Gasteiger partial charge on any atom is -0.508 e. The zero-order valence-electron chi connectivity index (χ0n) is 10.2. The van der Waals surface area contributed by atoms with Crippen LogP contribution in [0.5, 0.6) is 5.75 Å². The summed E-state index contributed by atoms with van der Waals surface area (Å²) in [6.45, 7) is 0.435. The molecule has 0 spiro atoms. The van der Waals surface area contributed by atoms with E-state index < -0.39 is 0 Å². The van der Waals surface area contributed by atoms with Crippen molar-refractivity contribution in [1.82, 2.24) is 10.1 Å². The van der Waals surface area contributed by atoms with E-state index in [0.717, 1.165) is 15.0 Å². The molecule has 0 radical (unpaired) electrons. The highest BCUT2D eigenvalue weighted by molar-refractivity contribution is 9.10. The van der Waals surface area contributed by atoms with E-state index in [0.29, 0.717) is 18.3 Å². The number of hydrogen-bond donors (Lipinski definition) is 2. The Kier molecular flexibility index (Phi) is 3.70. The van der Waals surface area contributed by atoms with Gasteiger partial charge in [0.15, 0.2) is 0 Å². The summed E-state index contributed by atoms with van der Waals surface area (Å²) in [5, 5.41) is 18.3. The van der Waals surface area contributed by atoms with Crippen molar-refractivity contribution in [1.29, 1.82) is 0 Å². The molecule has 0 amide bonds. The summed E-state index contributed by atoms with van der Waals surface area (Å²) in [6, 6.07) is 8.74. The molecule has 102 valence electrons. The third kappa shape index (κ3) is 3.00. The minimum atomic E-state index is 0.235. The van der Waals surface area contributed by atoms with Gasteiger partial charge in [0.2, 0.25) is 11.7 Å². The van der Waals surface area contributed by atoms with Gasteiger partial charge in [0.05, 0.1) is 11.4 Å². The summed E-state index contributed by atoms with van der Waals surface area (Å²) < 4.78 is 6.20. The van der Waals surface area contributed by atoms with E-state index in [9.17, 15) is 5.11 Å². The third-order valence-corrected chi connectivity index (χ3v) is 4.25. The van der Waals surface area contributed by atoms with Crippen LogP contribution in [0.15, 0.2) is 44.7 Å². The highest BCUT2D eigenvalue weighted by Gasteiger charge is 2.10. The first-order valence-electron chi connectivity index (χ1n) is 5.80. The van der Waals surface area contributed by atoms with Crippen molar-refractivity contribution in [2.24, 2.45) is 0 Å². The average Bonchev–Trinajstić information content (AvgIpc) is 3.07. The van der Waals surface area contributed by atoms with Gasteiger partial charge in [0, 0.05) is 15.5 Å². The number of aromatic nitrogens is 2. The summed E-state index contributed by atoms with van der Waals surface area (Å²) in [5.74, 6) is 1.33. The lowest BCUT2D eigenvalue weighted by Gasteiger charge is -2.02. The van der Waals surface area contributed by atoms with Crippen molar-refractivity contribution in [3.05, 3.63) is 46.1 Å². The molecular weight excluding hydrogens is 342 g/mol. The van der Waals surface area contributed by atoms with E-state index >= 15 is 0 Å². The number of anilines is 1. The predicted octanol–water partition coefficient (Wildman–Crippen LogP) is 3.88. The monoisotopic (exact) mass is 351 g/mol. The molecule has 0 aliphatic rings. The van der Waals surface area contributed by atoms with Crippen LogP contribution < -0.4 is 5.32 Å². The highest BCUT2D eigenvalue weighted by Crippen LogP contribution is 2.27. The number of nitrogens with zero attached hydrogens (tertiary/aromatic N) is 2. The number of phenols is 1. The van der Waals surface area contributed by atoms with E-state index in [4.69, 9.17) is 4.52 Å². The molecule has 0 unspecified atom stereocenters. The van der Waals surface area contributed by atoms with Gasteiger partial charge in [-0.05, 0) is 46.3 Å². The van der Waals surface area contributed by atoms with Gasteiger partial charge in [0.25, 0.3) is 0 Å². The number of thiophene rings is 1. The summed E-state index contributed by atoms with van der Waals surface area (Å²) in [5.41, 5.74) is 0.876. The molecule has 0 saturated carbocycles. The van der Waals surface area contributed by atoms with Crippen molar-refractivity contribution in [2.45, 2.75) is 6.54 Å². The van der Waals surface area contributed by atoms with Crippen molar-refractivity contribution in [2.75, 3.05) is 5.32 Å². The van der Waals surface area contributed by atoms with Gasteiger partial charge in [-0.1, -0.05) is 5.16 Å². The van der Waals surface area contributed by atoms with Crippen molar-refractivity contribution in [3.63, 3.8) is 0 Å². The number of phenolic OH excluding ortho intramolecular Hbond substituents is 1. The van der Waals surface area contributed by atoms with E-state index in [1.54, 1.807) is 35.6 Å². The predicted molar refractivity (Wildman–Crippen MR) is 80.7 cm³/mol. The van der Waals surface area contributed by atoms with Gasteiger partial charge in [-0.2, -0.15) is 4.98 Å². The number of hydrogen-bond acceptors (Lipinski definition) is 6. The molecular formula is C13H10BrN3O2S. The Balaban J connectivity index is 1.67. The van der Waals surface area contributed by atoms with Gasteiger partial charge in [-0.25, -0.2) is 0 Å². The maximum Gasteiger partial charge on any atom is 0.246 e. The van der Waals surface area contributed by atoms with Crippen LogP contribution in [-0.4, -0.2) is 15.2 Å². The molecule has 20 heavy (non-hydrogen) atoms. The van der Waals surface area contributed by atoms with E-state index in [1.165, 1.54) is 0 Å². The summed E-state index contributed by atoms with van der Waals surface area (Å²) in [4.78, 5) is 5.28. The Bertz CT molecular complexity index is 708. The first-order valence-corrected chi connectivity index (χ1v) is 7.48. The summed E-state index contributed by atoms with van der Waals surface area (Å²) >= 11 is 4.95. The van der Waals surface area contributed by atoms with Crippen LogP contribution in [0.2, 0.25) is 0 Å². The van der Waals surface area contributed by atoms with Gasteiger partial charge < -0.3 is 14.9 Å². The fourth-order valence-electron chi connectivity index (χ4n) is 1.61. The topological polar surface area (TPSA) is 71.2 Å². The second kappa shape index (κ2) is 5.64. The molecule has 0 aliphatic carbocycles. The first-order chi connectivity index (χ1) is 9.70. The maximum atomic E-state index is 9.20. The largest absolute Gasteiger partial charge is 0.508 e. The van der Waals surface area contributed by atoms with Gasteiger partial charge in [-0.15, -0.1) is 11.3 Å². The van der Waals surface area contributed by atoms with Crippen LogP contribution in [0, 0.1) is 0 Å². The number of nitrogens with one attached hydrogen (secondary N) is 1. The number of rotatable bonds is 4. The zero-order valence-corrected chi connectivity index (χ0v) is 12.6. The lowest BCUT2D eigenvalue weighted by molar-refractivity contribution is 0.384. The van der Waals surface area contributed by atoms with Crippen LogP contribution in [0.1, 0.15) is 5.89 Å². The Morgan fingerprint density at radius 2 is 2.10 bits per heavy atom. The molecule has 3 aromatic rings. The van der Waals surface area contributed by atoms with Crippen LogP contribution in [0.25, 0.3) is 10.7 Å². The normalized spacial score (nSPS) is 10.7. The molecule has 0 saturated heterocycles. The van der Waals surface area contributed by atoms with Gasteiger partial charge >= 0.3 is 0 Å². The molecule has 7 heteroatoms. The molecule has 0 atom stereocenters. The quantitative estimate of drug-likeness (QED) is 0.698. The van der Waals surface area contributed by atoms with Crippen LogP contribution in [0.3, 0.4) is 0 Å². The van der Waals surface area contributed by atoms with Crippen LogP contribution in [-0.2, 0) is 6.54 Å². The third-order valence-electron chi connectivity index (χ3n) is 2.57. The summed E-state index contributed by atoms with van der Waals surface area (Å²) in [7, 11) is 0. The molecule has 3 rings (SSSR count). The standard InChI is InChI=1S/C13H10BrN3O2S/c14-8-5-11(20-7-8)13-16-12(19-17-13)6-15-9-1-3-10(18)4-2-9/h1-5,7,15,18H,6H2. The fourth-order valence-corrected chi connectivity index (χ4v) is 2.97. The SMILES string of the molecule is Oc1ccc(NCc2nc(-c3cc(Br)cs3)no2)cc1. The average molecular weight is 352 g/mol. The highest BCUT2D eigenvalue weighted by atomic mass is 79.9. The Labute approximate surface area is 127 Å². The van der Waals surface area contributed by atoms with Crippen LogP contribution >= 0.6 is 27.3 Å². The molecule has 2 N–H and O–H groups in total. The lowest BCUT2D eigenvalue weighted by Crippen LogP contribution is -1.99. The second-order valence-corrected chi connectivity index (χ2v) is 5.87. The van der Waals surface area contributed by atoms with Crippen LogP contribution in [0.4, 0.5) is 5.69 Å². The number of halogens is 1. The Morgan fingerprint density at radius 3 is 2.80 bits per heavy atom. The fraction of sp³-hybridized carbons (Fsp3) is 0.0769. The second-order valence-electron chi connectivity index (χ2n) is 4.04. The van der Waals surface area contributed by atoms with Crippen molar-refractivity contribution in [3.8, 4) is 16.5 Å². The summed E-state index contributed by atoms with van der Waals surface area (Å²) in [6.07, 6.45) is 0. The molecule has 5 nitrogen and oxygen atoms in total. The lowest BCUT2D eigenvalue weighted by atomic mass is 10.3. The molecule has 0 bridgehead atoms. The van der Waals surface area contributed by atoms with E-state index in [-0.39, 0.29) is 5.75 Å². The van der Waals surface area contributed by atoms with E-state index in [2.05, 4.69) is 31.4 Å². The molecule has 0 fully saturated rings. The molecule has 2 heterocycles. The van der Waals surface area contributed by atoms with Crippen molar-refractivity contribution < 1.29 is 9.63 Å². The molecule has 1 aromatic carbocycles. The van der Waals surface area contributed by atoms with Gasteiger partial charge in [0.1, 0.15) is 5.75 Å². The first kappa shape index (κ1) is 13.1. The van der Waals surface area contributed by atoms with Crippen molar-refractivity contribution >= 4 is 33.0 Å². The Hall–Kier alpha value is -1.86. The molecule has 0 aliphatic heterocycles. The zero-order chi connectivity index (χ0) is 13.9.